The summed E-state index contributed by atoms with van der Waals surface area (Å²) in [5.41, 5.74) is 8.02. The van der Waals surface area contributed by atoms with Gasteiger partial charge < -0.3 is 21.1 Å². The Morgan fingerprint density at radius 1 is 1.45 bits per heavy atom. The van der Waals surface area contributed by atoms with E-state index in [0.29, 0.717) is 12.8 Å². The maximum Gasteiger partial charge on any atom is 0.237 e. The highest BCUT2D eigenvalue weighted by Gasteiger charge is 2.18. The molecule has 0 radical (unpaired) electrons. The number of aliphatic hydroxyl groups excluding tert-OH is 1. The molecule has 0 saturated heterocycles. The molecule has 108 valence electrons. The smallest absolute Gasteiger partial charge is 0.237 e. The van der Waals surface area contributed by atoms with Gasteiger partial charge in [0.2, 0.25) is 5.91 Å². The van der Waals surface area contributed by atoms with Crippen molar-refractivity contribution in [3.63, 3.8) is 0 Å². The SMILES string of the molecule is CC[C@@H](CO)NC(=O)[C@H](N)Cc1c[nH]c2ccccc12. The van der Waals surface area contributed by atoms with Gasteiger partial charge in [-0.1, -0.05) is 25.1 Å². The van der Waals surface area contributed by atoms with Crippen LogP contribution < -0.4 is 11.1 Å². The first-order chi connectivity index (χ1) is 9.65. The van der Waals surface area contributed by atoms with E-state index in [1.54, 1.807) is 0 Å². The fourth-order valence-electron chi connectivity index (χ4n) is 2.22. The van der Waals surface area contributed by atoms with Gasteiger partial charge >= 0.3 is 0 Å². The largest absolute Gasteiger partial charge is 0.394 e. The lowest BCUT2D eigenvalue weighted by molar-refractivity contribution is -0.123. The van der Waals surface area contributed by atoms with Crippen molar-refractivity contribution in [3.8, 4) is 0 Å². The first-order valence-electron chi connectivity index (χ1n) is 6.87. The normalized spacial score (nSPS) is 14.2. The van der Waals surface area contributed by atoms with Gasteiger partial charge in [0.15, 0.2) is 0 Å². The molecule has 0 aliphatic carbocycles. The Morgan fingerprint density at radius 3 is 2.90 bits per heavy atom. The van der Waals surface area contributed by atoms with Crippen LogP contribution in [0.2, 0.25) is 0 Å². The van der Waals surface area contributed by atoms with Crippen molar-refractivity contribution >= 4 is 16.8 Å². The summed E-state index contributed by atoms with van der Waals surface area (Å²) in [6, 6.07) is 7.08. The third-order valence-electron chi connectivity index (χ3n) is 3.51. The molecule has 0 saturated carbocycles. The predicted molar refractivity (Wildman–Crippen MR) is 79.3 cm³/mol. The number of nitrogens with two attached hydrogens (primary N) is 1. The van der Waals surface area contributed by atoms with Gasteiger partial charge in [-0.15, -0.1) is 0 Å². The van der Waals surface area contributed by atoms with Crippen molar-refractivity contribution in [2.45, 2.75) is 31.8 Å². The fraction of sp³-hybridized carbons (Fsp3) is 0.400. The average Bonchev–Trinajstić information content (AvgIpc) is 2.87. The topological polar surface area (TPSA) is 91.1 Å². The molecule has 1 aromatic heterocycles. The molecule has 0 fully saturated rings. The first-order valence-corrected chi connectivity index (χ1v) is 6.87. The maximum absolute atomic E-state index is 12.0. The molecule has 5 heteroatoms. The molecule has 2 aromatic rings. The molecule has 0 unspecified atom stereocenters. The lowest BCUT2D eigenvalue weighted by Gasteiger charge is -2.17. The molecule has 0 aliphatic rings. The van der Waals surface area contributed by atoms with Crippen molar-refractivity contribution < 1.29 is 9.90 Å². The monoisotopic (exact) mass is 275 g/mol. The summed E-state index contributed by atoms with van der Waals surface area (Å²) in [5, 5.41) is 12.9. The maximum atomic E-state index is 12.0. The summed E-state index contributed by atoms with van der Waals surface area (Å²) in [6.45, 7) is 1.84. The zero-order chi connectivity index (χ0) is 14.5. The number of aliphatic hydroxyl groups is 1. The van der Waals surface area contributed by atoms with Gasteiger partial charge in [-0.05, 0) is 24.5 Å². The zero-order valence-corrected chi connectivity index (χ0v) is 11.6. The standard InChI is InChI=1S/C15H21N3O2/c1-2-11(9-19)18-15(20)13(16)7-10-8-17-14-6-4-3-5-12(10)14/h3-6,8,11,13,17,19H,2,7,9,16H2,1H3,(H,18,20)/t11-,13+/m0/s1. The van der Waals surface area contributed by atoms with E-state index in [4.69, 9.17) is 10.8 Å². The summed E-state index contributed by atoms with van der Waals surface area (Å²) >= 11 is 0. The van der Waals surface area contributed by atoms with E-state index in [9.17, 15) is 4.79 Å². The van der Waals surface area contributed by atoms with Crippen molar-refractivity contribution in [1.29, 1.82) is 0 Å². The number of amides is 1. The molecule has 1 amide bonds. The molecule has 20 heavy (non-hydrogen) atoms. The van der Waals surface area contributed by atoms with Crippen LogP contribution in [-0.2, 0) is 11.2 Å². The Kier molecular flexibility index (Phi) is 4.76. The fourth-order valence-corrected chi connectivity index (χ4v) is 2.22. The number of fused-ring (bicyclic) bond motifs is 1. The molecular weight excluding hydrogens is 254 g/mol. The minimum Gasteiger partial charge on any atom is -0.394 e. The molecule has 5 N–H and O–H groups in total. The van der Waals surface area contributed by atoms with Crippen molar-refractivity contribution in [3.05, 3.63) is 36.0 Å². The van der Waals surface area contributed by atoms with E-state index in [-0.39, 0.29) is 18.6 Å². The third-order valence-corrected chi connectivity index (χ3v) is 3.51. The summed E-state index contributed by atoms with van der Waals surface area (Å²) in [7, 11) is 0. The lowest BCUT2D eigenvalue weighted by Crippen LogP contribution is -2.47. The Balaban J connectivity index is 2.04. The lowest BCUT2D eigenvalue weighted by atomic mass is 10.0. The van der Waals surface area contributed by atoms with E-state index >= 15 is 0 Å². The predicted octanol–water partition coefficient (Wildman–Crippen LogP) is 0.925. The summed E-state index contributed by atoms with van der Waals surface area (Å²) in [6.07, 6.45) is 3.04. The van der Waals surface area contributed by atoms with Gasteiger partial charge in [0, 0.05) is 17.1 Å². The molecular formula is C15H21N3O2. The van der Waals surface area contributed by atoms with Gasteiger partial charge in [-0.25, -0.2) is 0 Å². The average molecular weight is 275 g/mol. The van der Waals surface area contributed by atoms with E-state index in [1.807, 2.05) is 37.4 Å². The van der Waals surface area contributed by atoms with Gasteiger partial charge in [0.05, 0.1) is 18.7 Å². The van der Waals surface area contributed by atoms with Crippen LogP contribution >= 0.6 is 0 Å². The Hall–Kier alpha value is -1.85. The number of rotatable bonds is 6. The van der Waals surface area contributed by atoms with E-state index in [2.05, 4.69) is 10.3 Å². The third kappa shape index (κ3) is 3.18. The number of para-hydroxylation sites is 1. The summed E-state index contributed by atoms with van der Waals surface area (Å²) in [4.78, 5) is 15.1. The molecule has 2 atom stereocenters. The second-order valence-corrected chi connectivity index (χ2v) is 4.97. The Bertz CT molecular complexity index is 575. The minimum atomic E-state index is -0.616. The second-order valence-electron chi connectivity index (χ2n) is 4.97. The number of aromatic amines is 1. The van der Waals surface area contributed by atoms with E-state index in [1.165, 1.54) is 0 Å². The highest BCUT2D eigenvalue weighted by Crippen LogP contribution is 2.18. The van der Waals surface area contributed by atoms with Gasteiger partial charge in [0.25, 0.3) is 0 Å². The summed E-state index contributed by atoms with van der Waals surface area (Å²) in [5.74, 6) is -0.226. The van der Waals surface area contributed by atoms with E-state index in [0.717, 1.165) is 16.5 Å². The molecule has 1 heterocycles. The number of hydrogen-bond donors (Lipinski definition) is 4. The number of aromatic nitrogens is 1. The highest BCUT2D eigenvalue weighted by molar-refractivity contribution is 5.86. The van der Waals surface area contributed by atoms with Crippen LogP contribution in [0.5, 0.6) is 0 Å². The molecule has 5 nitrogen and oxygen atoms in total. The van der Waals surface area contributed by atoms with Crippen molar-refractivity contribution in [2.24, 2.45) is 5.73 Å². The first kappa shape index (κ1) is 14.6. The molecule has 0 bridgehead atoms. The van der Waals surface area contributed by atoms with Crippen molar-refractivity contribution in [2.75, 3.05) is 6.61 Å². The minimum absolute atomic E-state index is 0.0674. The number of hydrogen-bond acceptors (Lipinski definition) is 3. The molecule has 0 spiro atoms. The van der Waals surface area contributed by atoms with Gasteiger partial charge in [-0.2, -0.15) is 0 Å². The molecule has 1 aromatic carbocycles. The van der Waals surface area contributed by atoms with Crippen molar-refractivity contribution in [1.82, 2.24) is 10.3 Å². The van der Waals surface area contributed by atoms with E-state index < -0.39 is 6.04 Å². The van der Waals surface area contributed by atoms with Gasteiger partial charge in [0.1, 0.15) is 0 Å². The molecule has 0 aliphatic heterocycles. The van der Waals surface area contributed by atoms with Crippen LogP contribution in [-0.4, -0.2) is 34.7 Å². The molecule has 2 rings (SSSR count). The van der Waals surface area contributed by atoms with Crippen LogP contribution in [0.3, 0.4) is 0 Å². The number of benzene rings is 1. The Morgan fingerprint density at radius 2 is 2.20 bits per heavy atom. The van der Waals surface area contributed by atoms with Gasteiger partial charge in [-0.3, -0.25) is 4.79 Å². The van der Waals surface area contributed by atoms with Crippen LogP contribution in [0.15, 0.2) is 30.5 Å². The Labute approximate surface area is 118 Å². The number of nitrogens with one attached hydrogen (secondary N) is 2. The van der Waals surface area contributed by atoms with Crippen LogP contribution in [0.25, 0.3) is 10.9 Å². The number of carbonyl (C=O) groups excluding carboxylic acids is 1. The number of H-pyrrole nitrogens is 1. The summed E-state index contributed by atoms with van der Waals surface area (Å²) < 4.78 is 0. The van der Waals surface area contributed by atoms with Crippen LogP contribution in [0.1, 0.15) is 18.9 Å². The highest BCUT2D eigenvalue weighted by atomic mass is 16.3. The zero-order valence-electron chi connectivity index (χ0n) is 11.6. The van der Waals surface area contributed by atoms with Crippen LogP contribution in [0, 0.1) is 0 Å². The quantitative estimate of drug-likeness (QED) is 0.632. The number of carbonyl (C=O) groups is 1. The second kappa shape index (κ2) is 6.54. The van der Waals surface area contributed by atoms with Crippen LogP contribution in [0.4, 0.5) is 0 Å².